The second-order valence-corrected chi connectivity index (χ2v) is 7.17. The minimum atomic E-state index is -2.90. The van der Waals surface area contributed by atoms with E-state index in [0.29, 0.717) is 16.5 Å². The van der Waals surface area contributed by atoms with Gasteiger partial charge >= 0.3 is 5.97 Å². The Bertz CT molecular complexity index is 1250. The number of fused-ring (bicyclic) bond motifs is 1. The lowest BCUT2D eigenvalue weighted by Gasteiger charge is -2.13. The molecule has 0 aliphatic heterocycles. The fraction of sp³-hybridized carbons (Fsp3) is 0.0800. The number of halogens is 3. The Morgan fingerprint density at radius 1 is 0.774 bits per heavy atom. The molecule has 0 bridgehead atoms. The summed E-state index contributed by atoms with van der Waals surface area (Å²) in [7, 11) is 0. The summed E-state index contributed by atoms with van der Waals surface area (Å²) in [6.45, 7) is 0. The van der Waals surface area contributed by atoms with Crippen molar-refractivity contribution >= 4 is 16.7 Å². The van der Waals surface area contributed by atoms with Gasteiger partial charge in [0, 0.05) is 0 Å². The first kappa shape index (κ1) is 20.6. The molecule has 0 saturated heterocycles. The smallest absolute Gasteiger partial charge is 0.335 e. The zero-order valence-corrected chi connectivity index (χ0v) is 16.1. The van der Waals surface area contributed by atoms with E-state index in [-0.39, 0.29) is 16.9 Å². The number of rotatable bonds is 5. The normalized spacial score (nSPS) is 12.3. The third-order valence-electron chi connectivity index (χ3n) is 5.18. The van der Waals surface area contributed by atoms with Gasteiger partial charge in [-0.25, -0.2) is 18.0 Å². The number of hydrogen-bond donors (Lipinski definition) is 2. The van der Waals surface area contributed by atoms with Crippen molar-refractivity contribution < 1.29 is 28.2 Å². The van der Waals surface area contributed by atoms with E-state index in [2.05, 4.69) is 0 Å². The van der Waals surface area contributed by atoms with Crippen molar-refractivity contribution in [3.8, 4) is 22.3 Å². The summed E-state index contributed by atoms with van der Waals surface area (Å²) in [5, 5.41) is 20.6. The van der Waals surface area contributed by atoms with Crippen LogP contribution in [0.5, 0.6) is 0 Å². The van der Waals surface area contributed by atoms with E-state index in [4.69, 9.17) is 0 Å². The maximum absolute atomic E-state index is 13.2. The summed E-state index contributed by atoms with van der Waals surface area (Å²) in [5.41, 5.74) is 3.00. The molecule has 3 nitrogen and oxygen atoms in total. The van der Waals surface area contributed by atoms with Gasteiger partial charge in [0.25, 0.3) is 6.43 Å². The van der Waals surface area contributed by atoms with Crippen LogP contribution in [0.15, 0.2) is 78.9 Å². The van der Waals surface area contributed by atoms with Crippen molar-refractivity contribution in [2.45, 2.75) is 12.5 Å². The first-order valence-electron chi connectivity index (χ1n) is 9.47. The summed E-state index contributed by atoms with van der Waals surface area (Å²) < 4.78 is 38.7. The average molecular weight is 422 g/mol. The minimum absolute atomic E-state index is 0.0791. The number of alkyl halides is 2. The monoisotopic (exact) mass is 422 g/mol. The van der Waals surface area contributed by atoms with Gasteiger partial charge in [0.05, 0.1) is 5.56 Å². The fourth-order valence-electron chi connectivity index (χ4n) is 3.56. The summed E-state index contributed by atoms with van der Waals surface area (Å²) in [6.07, 6.45) is -4.78. The largest absolute Gasteiger partial charge is 0.478 e. The van der Waals surface area contributed by atoms with Crippen molar-refractivity contribution in [3.05, 3.63) is 95.8 Å². The molecule has 156 valence electrons. The lowest BCUT2D eigenvalue weighted by molar-refractivity contribution is -0.00577. The first-order valence-corrected chi connectivity index (χ1v) is 9.47. The van der Waals surface area contributed by atoms with Gasteiger partial charge < -0.3 is 10.2 Å². The summed E-state index contributed by atoms with van der Waals surface area (Å²) >= 11 is 0. The van der Waals surface area contributed by atoms with Crippen LogP contribution in [-0.2, 0) is 0 Å². The number of hydrogen-bond acceptors (Lipinski definition) is 2. The molecule has 6 heteroatoms. The molecule has 31 heavy (non-hydrogen) atoms. The molecule has 0 saturated carbocycles. The highest BCUT2D eigenvalue weighted by Gasteiger charge is 2.19. The molecule has 0 aromatic heterocycles. The topological polar surface area (TPSA) is 57.5 Å². The molecule has 0 unspecified atom stereocenters. The molecule has 0 heterocycles. The maximum atomic E-state index is 13.2. The van der Waals surface area contributed by atoms with Crippen LogP contribution >= 0.6 is 0 Å². The van der Waals surface area contributed by atoms with Crippen LogP contribution in [0.1, 0.15) is 22.0 Å². The molecular formula is C25H17F3O3. The number of carboxylic acid groups (broad SMARTS) is 1. The van der Waals surface area contributed by atoms with Gasteiger partial charge in [-0.3, -0.25) is 0 Å². The Labute approximate surface area is 176 Å². The quantitative estimate of drug-likeness (QED) is 0.396. The zero-order valence-electron chi connectivity index (χ0n) is 16.1. The van der Waals surface area contributed by atoms with Crippen LogP contribution < -0.4 is 0 Å². The Balaban J connectivity index is 1.84. The molecule has 0 amide bonds. The molecule has 4 rings (SSSR count). The average Bonchev–Trinajstić information content (AvgIpc) is 2.78. The van der Waals surface area contributed by atoms with E-state index in [9.17, 15) is 28.2 Å². The molecule has 0 fully saturated rings. The minimum Gasteiger partial charge on any atom is -0.478 e. The molecular weight excluding hydrogens is 405 g/mol. The van der Waals surface area contributed by atoms with Gasteiger partial charge in [-0.1, -0.05) is 48.5 Å². The third-order valence-corrected chi connectivity index (χ3v) is 5.18. The van der Waals surface area contributed by atoms with E-state index in [1.807, 2.05) is 18.2 Å². The molecule has 0 spiro atoms. The molecule has 0 radical (unpaired) electrons. The second-order valence-electron chi connectivity index (χ2n) is 7.17. The van der Waals surface area contributed by atoms with Gasteiger partial charge in [0.2, 0.25) is 0 Å². The lowest BCUT2D eigenvalue weighted by atomic mass is 9.92. The Morgan fingerprint density at radius 3 is 2.00 bits per heavy atom. The number of aliphatic hydroxyl groups excluding tert-OH is 1. The van der Waals surface area contributed by atoms with Gasteiger partial charge in [-0.2, -0.15) is 0 Å². The van der Waals surface area contributed by atoms with Crippen LogP contribution in [-0.4, -0.2) is 22.6 Å². The number of carbonyl (C=O) groups is 1. The number of benzene rings is 4. The van der Waals surface area contributed by atoms with Gasteiger partial charge in [0.15, 0.2) is 0 Å². The highest BCUT2D eigenvalue weighted by Crippen LogP contribution is 2.34. The Morgan fingerprint density at radius 2 is 1.39 bits per heavy atom. The molecule has 0 aliphatic carbocycles. The van der Waals surface area contributed by atoms with Crippen LogP contribution in [0.25, 0.3) is 33.0 Å². The molecule has 0 aliphatic rings. The van der Waals surface area contributed by atoms with E-state index in [1.54, 1.807) is 30.3 Å². The van der Waals surface area contributed by atoms with Crippen molar-refractivity contribution in [2.75, 3.05) is 0 Å². The third kappa shape index (κ3) is 4.15. The van der Waals surface area contributed by atoms with Gasteiger partial charge in [-0.05, 0) is 68.9 Å². The highest BCUT2D eigenvalue weighted by atomic mass is 19.3. The SMILES string of the molecule is O=C(O)c1cc(-c2ccc([C@@H](O)C(F)F)cc2)c2ccc(-c3ccc(F)cc3)cc2c1. The summed E-state index contributed by atoms with van der Waals surface area (Å²) in [4.78, 5) is 11.7. The molecule has 4 aromatic rings. The van der Waals surface area contributed by atoms with E-state index < -0.39 is 18.5 Å². The molecule has 2 N–H and O–H groups in total. The standard InChI is InChI=1S/C25H17F3O3/c26-20-8-5-14(6-9-20)17-7-10-21-18(11-17)12-19(25(30)31)13-22(21)15-1-3-16(4-2-15)23(29)24(27)28/h1-13,23-24,29H,(H,30,31)/t23-/m1/s1. The van der Waals surface area contributed by atoms with Crippen LogP contribution in [0.4, 0.5) is 13.2 Å². The second kappa shape index (κ2) is 8.24. The zero-order chi connectivity index (χ0) is 22.1. The van der Waals surface area contributed by atoms with Gasteiger partial charge in [-0.15, -0.1) is 0 Å². The predicted molar refractivity (Wildman–Crippen MR) is 113 cm³/mol. The maximum Gasteiger partial charge on any atom is 0.335 e. The molecule has 4 aromatic carbocycles. The highest BCUT2D eigenvalue weighted by molar-refractivity contribution is 6.04. The number of carboxylic acids is 1. The summed E-state index contributed by atoms with van der Waals surface area (Å²) in [6, 6.07) is 20.6. The summed E-state index contributed by atoms with van der Waals surface area (Å²) in [5.74, 6) is -1.44. The first-order chi connectivity index (χ1) is 14.8. The lowest BCUT2D eigenvalue weighted by Crippen LogP contribution is -2.07. The predicted octanol–water partition coefficient (Wildman–Crippen LogP) is 6.31. The van der Waals surface area contributed by atoms with Crippen molar-refractivity contribution in [2.24, 2.45) is 0 Å². The Hall–Kier alpha value is -3.64. The van der Waals surface area contributed by atoms with Crippen LogP contribution in [0.2, 0.25) is 0 Å². The molecule has 1 atom stereocenters. The van der Waals surface area contributed by atoms with Gasteiger partial charge in [0.1, 0.15) is 11.9 Å². The van der Waals surface area contributed by atoms with Crippen LogP contribution in [0.3, 0.4) is 0 Å². The van der Waals surface area contributed by atoms with E-state index in [0.717, 1.165) is 16.5 Å². The van der Waals surface area contributed by atoms with Crippen LogP contribution in [0, 0.1) is 5.82 Å². The van der Waals surface area contributed by atoms with Crippen molar-refractivity contribution in [3.63, 3.8) is 0 Å². The Kier molecular flexibility index (Phi) is 5.48. The fourth-order valence-corrected chi connectivity index (χ4v) is 3.56. The van der Waals surface area contributed by atoms with E-state index in [1.165, 1.54) is 30.3 Å². The number of aliphatic hydroxyl groups is 1. The number of aromatic carboxylic acids is 1. The van der Waals surface area contributed by atoms with E-state index >= 15 is 0 Å². The van der Waals surface area contributed by atoms with Crippen molar-refractivity contribution in [1.29, 1.82) is 0 Å². The van der Waals surface area contributed by atoms with Crippen molar-refractivity contribution in [1.82, 2.24) is 0 Å².